The molecular weight excluding hydrogens is 186 g/mol. The van der Waals surface area contributed by atoms with E-state index in [0.29, 0.717) is 10.8 Å². The average Bonchev–Trinajstić information content (AvgIpc) is 2.15. The van der Waals surface area contributed by atoms with Gasteiger partial charge in [0.15, 0.2) is 5.75 Å². The van der Waals surface area contributed by atoms with Crippen molar-refractivity contribution in [3.05, 3.63) is 29.3 Å². The Morgan fingerprint density at radius 3 is 2.85 bits per heavy atom. The second kappa shape index (κ2) is 5.84. The summed E-state index contributed by atoms with van der Waals surface area (Å²) >= 11 is 5.87. The molecule has 3 heteroatoms. The number of para-hydroxylation sites is 1. The first-order valence-electron chi connectivity index (χ1n) is 4.49. The van der Waals surface area contributed by atoms with E-state index in [1.54, 1.807) is 6.07 Å². The number of unbranched alkanes of at least 4 members (excludes halogenated alkanes) is 1. The molecule has 0 saturated carbocycles. The van der Waals surface area contributed by atoms with Gasteiger partial charge in [-0.2, -0.15) is 5.48 Å². The Bertz CT molecular complexity index is 252. The van der Waals surface area contributed by atoms with Crippen LogP contribution in [0.3, 0.4) is 0 Å². The summed E-state index contributed by atoms with van der Waals surface area (Å²) in [6, 6.07) is 7.41. The second-order valence-electron chi connectivity index (χ2n) is 2.78. The number of hydrogen-bond donors (Lipinski definition) is 1. The Morgan fingerprint density at radius 2 is 2.15 bits per heavy atom. The SMILES string of the molecule is CCCCNOc1ccccc1Cl. The molecule has 0 aromatic heterocycles. The number of hydrogen-bond acceptors (Lipinski definition) is 2. The Balaban J connectivity index is 2.32. The van der Waals surface area contributed by atoms with Crippen molar-refractivity contribution in [2.45, 2.75) is 19.8 Å². The number of hydroxylamine groups is 1. The molecule has 13 heavy (non-hydrogen) atoms. The van der Waals surface area contributed by atoms with Gasteiger partial charge in [-0.3, -0.25) is 0 Å². The van der Waals surface area contributed by atoms with Crippen LogP contribution in [0.1, 0.15) is 19.8 Å². The van der Waals surface area contributed by atoms with Crippen LogP contribution in [0.25, 0.3) is 0 Å². The van der Waals surface area contributed by atoms with Gasteiger partial charge in [0.2, 0.25) is 0 Å². The number of benzene rings is 1. The van der Waals surface area contributed by atoms with Crippen molar-refractivity contribution < 1.29 is 4.84 Å². The van der Waals surface area contributed by atoms with Crippen LogP contribution >= 0.6 is 11.6 Å². The third-order valence-electron chi connectivity index (χ3n) is 1.65. The normalized spacial score (nSPS) is 10.0. The minimum absolute atomic E-state index is 0.631. The van der Waals surface area contributed by atoms with Gasteiger partial charge in [-0.25, -0.2) is 0 Å². The fourth-order valence-corrected chi connectivity index (χ4v) is 1.08. The predicted octanol–water partition coefficient (Wildman–Crippen LogP) is 3.02. The van der Waals surface area contributed by atoms with Crippen molar-refractivity contribution in [1.82, 2.24) is 5.48 Å². The maximum Gasteiger partial charge on any atom is 0.165 e. The molecule has 0 unspecified atom stereocenters. The average molecular weight is 200 g/mol. The molecule has 0 aliphatic carbocycles. The van der Waals surface area contributed by atoms with Crippen LogP contribution in [0, 0.1) is 0 Å². The Kier molecular flexibility index (Phi) is 4.65. The van der Waals surface area contributed by atoms with Gasteiger partial charge in [-0.1, -0.05) is 37.1 Å². The van der Waals surface area contributed by atoms with Crippen molar-refractivity contribution in [2.24, 2.45) is 0 Å². The topological polar surface area (TPSA) is 21.3 Å². The van der Waals surface area contributed by atoms with Gasteiger partial charge < -0.3 is 4.84 Å². The molecule has 0 aliphatic heterocycles. The molecule has 0 bridgehead atoms. The highest BCUT2D eigenvalue weighted by Gasteiger charge is 1.97. The Hall–Kier alpha value is -0.730. The molecule has 0 heterocycles. The van der Waals surface area contributed by atoms with E-state index in [1.165, 1.54) is 0 Å². The lowest BCUT2D eigenvalue weighted by Gasteiger charge is -2.07. The summed E-state index contributed by atoms with van der Waals surface area (Å²) in [5.41, 5.74) is 2.86. The van der Waals surface area contributed by atoms with E-state index in [2.05, 4.69) is 12.4 Å². The van der Waals surface area contributed by atoms with E-state index in [-0.39, 0.29) is 0 Å². The lowest BCUT2D eigenvalue weighted by molar-refractivity contribution is 0.194. The summed E-state index contributed by atoms with van der Waals surface area (Å²) in [6.07, 6.45) is 2.25. The van der Waals surface area contributed by atoms with Crippen molar-refractivity contribution in [2.75, 3.05) is 6.54 Å². The monoisotopic (exact) mass is 199 g/mol. The van der Waals surface area contributed by atoms with E-state index in [0.717, 1.165) is 19.4 Å². The molecule has 0 spiro atoms. The number of nitrogens with one attached hydrogen (secondary N) is 1. The summed E-state index contributed by atoms with van der Waals surface area (Å²) in [6.45, 7) is 2.99. The Labute approximate surface area is 83.8 Å². The fourth-order valence-electron chi connectivity index (χ4n) is 0.905. The van der Waals surface area contributed by atoms with Gasteiger partial charge in [-0.15, -0.1) is 0 Å². The number of rotatable bonds is 5. The molecular formula is C10H14ClNO. The van der Waals surface area contributed by atoms with Gasteiger partial charge >= 0.3 is 0 Å². The van der Waals surface area contributed by atoms with Crippen LogP contribution in [0.4, 0.5) is 0 Å². The van der Waals surface area contributed by atoms with Gasteiger partial charge in [0.1, 0.15) is 0 Å². The lowest BCUT2D eigenvalue weighted by Crippen LogP contribution is -2.19. The summed E-state index contributed by atoms with van der Waals surface area (Å²) in [5, 5.41) is 0.631. The van der Waals surface area contributed by atoms with Gasteiger partial charge in [0.05, 0.1) is 5.02 Å². The summed E-state index contributed by atoms with van der Waals surface area (Å²) in [5.74, 6) is 0.681. The highest BCUT2D eigenvalue weighted by molar-refractivity contribution is 6.32. The van der Waals surface area contributed by atoms with E-state index < -0.39 is 0 Å². The summed E-state index contributed by atoms with van der Waals surface area (Å²) < 4.78 is 0. The quantitative estimate of drug-likeness (QED) is 0.582. The summed E-state index contributed by atoms with van der Waals surface area (Å²) in [4.78, 5) is 5.26. The fraction of sp³-hybridized carbons (Fsp3) is 0.400. The molecule has 1 rings (SSSR count). The van der Waals surface area contributed by atoms with E-state index in [4.69, 9.17) is 16.4 Å². The van der Waals surface area contributed by atoms with Crippen LogP contribution in [-0.4, -0.2) is 6.54 Å². The maximum atomic E-state index is 5.87. The molecule has 0 fully saturated rings. The van der Waals surface area contributed by atoms with Crippen molar-refractivity contribution in [1.29, 1.82) is 0 Å². The van der Waals surface area contributed by atoms with Crippen molar-refractivity contribution in [3.8, 4) is 5.75 Å². The first kappa shape index (κ1) is 10.4. The van der Waals surface area contributed by atoms with Crippen molar-refractivity contribution in [3.63, 3.8) is 0 Å². The largest absolute Gasteiger partial charge is 0.407 e. The molecule has 1 N–H and O–H groups in total. The van der Waals surface area contributed by atoms with Crippen LogP contribution in [0.2, 0.25) is 5.02 Å². The van der Waals surface area contributed by atoms with Gasteiger partial charge in [0.25, 0.3) is 0 Å². The molecule has 0 saturated heterocycles. The first-order valence-corrected chi connectivity index (χ1v) is 4.86. The zero-order valence-corrected chi connectivity index (χ0v) is 8.47. The van der Waals surface area contributed by atoms with Crippen molar-refractivity contribution >= 4 is 11.6 Å². The molecule has 2 nitrogen and oxygen atoms in total. The van der Waals surface area contributed by atoms with E-state index in [1.807, 2.05) is 18.2 Å². The lowest BCUT2D eigenvalue weighted by atomic mass is 10.3. The molecule has 0 atom stereocenters. The highest BCUT2D eigenvalue weighted by atomic mass is 35.5. The minimum Gasteiger partial charge on any atom is -0.407 e. The summed E-state index contributed by atoms with van der Waals surface area (Å²) in [7, 11) is 0. The second-order valence-corrected chi connectivity index (χ2v) is 3.19. The minimum atomic E-state index is 0.631. The standard InChI is InChI=1S/C10H14ClNO/c1-2-3-8-12-13-10-7-5-4-6-9(10)11/h4-7,12H,2-3,8H2,1H3. The van der Waals surface area contributed by atoms with E-state index in [9.17, 15) is 0 Å². The van der Waals surface area contributed by atoms with Crippen LogP contribution in [-0.2, 0) is 0 Å². The third kappa shape index (κ3) is 3.66. The zero-order valence-electron chi connectivity index (χ0n) is 7.72. The highest BCUT2D eigenvalue weighted by Crippen LogP contribution is 2.21. The molecule has 0 amide bonds. The Morgan fingerprint density at radius 1 is 1.38 bits per heavy atom. The molecule has 0 aliphatic rings. The first-order chi connectivity index (χ1) is 6.34. The molecule has 0 radical (unpaired) electrons. The molecule has 72 valence electrons. The number of halogens is 1. The third-order valence-corrected chi connectivity index (χ3v) is 1.96. The smallest absolute Gasteiger partial charge is 0.165 e. The maximum absolute atomic E-state index is 5.87. The molecule has 1 aromatic carbocycles. The molecule has 1 aromatic rings. The zero-order chi connectivity index (χ0) is 9.52. The van der Waals surface area contributed by atoms with Gasteiger partial charge in [0, 0.05) is 6.54 Å². The van der Waals surface area contributed by atoms with Gasteiger partial charge in [-0.05, 0) is 18.6 Å². The van der Waals surface area contributed by atoms with E-state index >= 15 is 0 Å². The van der Waals surface area contributed by atoms with Crippen LogP contribution in [0.15, 0.2) is 24.3 Å². The predicted molar refractivity (Wildman–Crippen MR) is 55.0 cm³/mol. The van der Waals surface area contributed by atoms with Crippen LogP contribution < -0.4 is 10.3 Å². The van der Waals surface area contributed by atoms with Crippen LogP contribution in [0.5, 0.6) is 5.75 Å².